The number of amides is 1. The molecule has 0 aliphatic carbocycles. The average molecular weight is 330 g/mol. The molecule has 2 N–H and O–H groups in total. The molecular weight excluding hydrogens is 314 g/mol. The number of halogens is 1. The van der Waals surface area contributed by atoms with Gasteiger partial charge in [-0.15, -0.1) is 11.8 Å². The minimum atomic E-state index is -0.937. The number of carbonyl (C=O) groups excluding carboxylic acids is 1. The first kappa shape index (κ1) is 16.1. The van der Waals surface area contributed by atoms with Gasteiger partial charge in [0.2, 0.25) is 5.91 Å². The zero-order valence-corrected chi connectivity index (χ0v) is 12.8. The standard InChI is InChI=1S/C14H16ClNO4S/c15-9-1-3-10(4-2-9)21-6-5-13(17)16-12-8-20-7-11(12)14(18)19/h1-4,11-12H,5-8H2,(H,16,17)(H,18,19). The second kappa shape index (κ2) is 7.68. The molecule has 7 heteroatoms. The second-order valence-electron chi connectivity index (χ2n) is 4.71. The highest BCUT2D eigenvalue weighted by atomic mass is 35.5. The van der Waals surface area contributed by atoms with Crippen molar-refractivity contribution >= 4 is 35.2 Å². The van der Waals surface area contributed by atoms with Crippen molar-refractivity contribution in [2.24, 2.45) is 5.92 Å². The van der Waals surface area contributed by atoms with E-state index in [-0.39, 0.29) is 19.1 Å². The molecule has 0 saturated carbocycles. The lowest BCUT2D eigenvalue weighted by molar-refractivity contribution is -0.142. The molecule has 1 aromatic carbocycles. The van der Waals surface area contributed by atoms with E-state index in [1.165, 1.54) is 0 Å². The third-order valence-corrected chi connectivity index (χ3v) is 4.42. The van der Waals surface area contributed by atoms with E-state index in [9.17, 15) is 9.59 Å². The smallest absolute Gasteiger partial charge is 0.311 e. The predicted molar refractivity (Wildman–Crippen MR) is 80.7 cm³/mol. The number of hydrogen-bond acceptors (Lipinski definition) is 4. The van der Waals surface area contributed by atoms with Crippen LogP contribution in [0, 0.1) is 5.92 Å². The van der Waals surface area contributed by atoms with Crippen LogP contribution in [0.5, 0.6) is 0 Å². The van der Waals surface area contributed by atoms with Gasteiger partial charge in [-0.3, -0.25) is 9.59 Å². The zero-order valence-electron chi connectivity index (χ0n) is 11.3. The van der Waals surface area contributed by atoms with Crippen LogP contribution in [0.2, 0.25) is 5.02 Å². The number of carbonyl (C=O) groups is 2. The molecule has 0 spiro atoms. The molecule has 1 aromatic rings. The Kier molecular flexibility index (Phi) is 5.90. The number of nitrogens with one attached hydrogen (secondary N) is 1. The topological polar surface area (TPSA) is 75.6 Å². The Balaban J connectivity index is 1.72. The number of benzene rings is 1. The maximum Gasteiger partial charge on any atom is 0.311 e. The summed E-state index contributed by atoms with van der Waals surface area (Å²) in [6, 6.07) is 6.97. The summed E-state index contributed by atoms with van der Waals surface area (Å²) >= 11 is 7.35. The summed E-state index contributed by atoms with van der Waals surface area (Å²) in [6.07, 6.45) is 0.329. The van der Waals surface area contributed by atoms with Crippen molar-refractivity contribution in [3.63, 3.8) is 0 Å². The number of thioether (sulfide) groups is 1. The highest BCUT2D eigenvalue weighted by Crippen LogP contribution is 2.21. The highest BCUT2D eigenvalue weighted by Gasteiger charge is 2.34. The summed E-state index contributed by atoms with van der Waals surface area (Å²) in [5.74, 6) is -1.12. The Morgan fingerprint density at radius 2 is 2.05 bits per heavy atom. The Labute approximate surface area is 132 Å². The highest BCUT2D eigenvalue weighted by molar-refractivity contribution is 7.99. The van der Waals surface area contributed by atoms with Gasteiger partial charge in [0.25, 0.3) is 0 Å². The first-order valence-electron chi connectivity index (χ1n) is 6.54. The van der Waals surface area contributed by atoms with Crippen LogP contribution in [0.15, 0.2) is 29.2 Å². The van der Waals surface area contributed by atoms with Crippen LogP contribution in [0.1, 0.15) is 6.42 Å². The molecular formula is C14H16ClNO4S. The third-order valence-electron chi connectivity index (χ3n) is 3.16. The Morgan fingerprint density at radius 1 is 1.33 bits per heavy atom. The van der Waals surface area contributed by atoms with E-state index >= 15 is 0 Å². The van der Waals surface area contributed by atoms with E-state index in [1.807, 2.05) is 12.1 Å². The van der Waals surface area contributed by atoms with Gasteiger partial charge in [-0.1, -0.05) is 11.6 Å². The van der Waals surface area contributed by atoms with E-state index in [2.05, 4.69) is 5.32 Å². The zero-order chi connectivity index (χ0) is 15.2. The number of carboxylic acid groups (broad SMARTS) is 1. The molecule has 2 rings (SSSR count). The lowest BCUT2D eigenvalue weighted by Gasteiger charge is -2.15. The molecule has 1 fully saturated rings. The van der Waals surface area contributed by atoms with E-state index in [0.29, 0.717) is 17.2 Å². The molecule has 1 heterocycles. The Bertz CT molecular complexity index is 508. The summed E-state index contributed by atoms with van der Waals surface area (Å²) in [5.41, 5.74) is 0. The van der Waals surface area contributed by atoms with Crippen molar-refractivity contribution in [1.29, 1.82) is 0 Å². The quantitative estimate of drug-likeness (QED) is 0.781. The molecule has 1 amide bonds. The Hall–Kier alpha value is -1.24. The molecule has 1 aliphatic rings. The minimum absolute atomic E-state index is 0.153. The molecule has 5 nitrogen and oxygen atoms in total. The van der Waals surface area contributed by atoms with Crippen molar-refractivity contribution in [1.82, 2.24) is 5.32 Å². The average Bonchev–Trinajstić information content (AvgIpc) is 2.89. The van der Waals surface area contributed by atoms with Crippen LogP contribution >= 0.6 is 23.4 Å². The normalized spacial score (nSPS) is 21.2. The van der Waals surface area contributed by atoms with Gasteiger partial charge in [0.05, 0.1) is 19.3 Å². The summed E-state index contributed by atoms with van der Waals surface area (Å²) in [6.45, 7) is 0.410. The molecule has 2 unspecified atom stereocenters. The summed E-state index contributed by atoms with van der Waals surface area (Å²) in [7, 11) is 0. The summed E-state index contributed by atoms with van der Waals surface area (Å²) in [5, 5.41) is 12.4. The van der Waals surface area contributed by atoms with Crippen molar-refractivity contribution in [2.75, 3.05) is 19.0 Å². The van der Waals surface area contributed by atoms with E-state index in [0.717, 1.165) is 4.90 Å². The minimum Gasteiger partial charge on any atom is -0.481 e. The lowest BCUT2D eigenvalue weighted by Crippen LogP contribution is -2.42. The largest absolute Gasteiger partial charge is 0.481 e. The fourth-order valence-corrected chi connectivity index (χ4v) is 2.99. The van der Waals surface area contributed by atoms with Crippen molar-refractivity contribution < 1.29 is 19.4 Å². The summed E-state index contributed by atoms with van der Waals surface area (Å²) < 4.78 is 5.10. The molecule has 21 heavy (non-hydrogen) atoms. The van der Waals surface area contributed by atoms with Gasteiger partial charge in [-0.05, 0) is 24.3 Å². The Morgan fingerprint density at radius 3 is 2.71 bits per heavy atom. The van der Waals surface area contributed by atoms with Crippen molar-refractivity contribution in [3.05, 3.63) is 29.3 Å². The predicted octanol–water partition coefficient (Wildman–Crippen LogP) is 2.04. The maximum atomic E-state index is 11.8. The molecule has 0 radical (unpaired) electrons. The molecule has 114 valence electrons. The van der Waals surface area contributed by atoms with Crippen LogP contribution in [0.3, 0.4) is 0 Å². The van der Waals surface area contributed by atoms with Gasteiger partial charge in [0, 0.05) is 22.1 Å². The molecule has 0 bridgehead atoms. The van der Waals surface area contributed by atoms with Crippen LogP contribution < -0.4 is 5.32 Å². The number of ether oxygens (including phenoxy) is 1. The first-order valence-corrected chi connectivity index (χ1v) is 7.91. The van der Waals surface area contributed by atoms with Gasteiger partial charge < -0.3 is 15.2 Å². The lowest BCUT2D eigenvalue weighted by atomic mass is 10.0. The fraction of sp³-hybridized carbons (Fsp3) is 0.429. The first-order chi connectivity index (χ1) is 10.1. The van der Waals surface area contributed by atoms with Gasteiger partial charge in [0.1, 0.15) is 5.92 Å². The van der Waals surface area contributed by atoms with Crippen LogP contribution in [-0.2, 0) is 14.3 Å². The van der Waals surface area contributed by atoms with E-state index in [1.54, 1.807) is 23.9 Å². The van der Waals surface area contributed by atoms with Gasteiger partial charge in [-0.25, -0.2) is 0 Å². The van der Waals surface area contributed by atoms with E-state index < -0.39 is 17.9 Å². The molecule has 1 saturated heterocycles. The van der Waals surface area contributed by atoms with Gasteiger partial charge >= 0.3 is 5.97 Å². The fourth-order valence-electron chi connectivity index (χ4n) is 2.01. The number of carboxylic acids is 1. The summed E-state index contributed by atoms with van der Waals surface area (Å²) in [4.78, 5) is 23.8. The molecule has 2 atom stereocenters. The van der Waals surface area contributed by atoms with E-state index in [4.69, 9.17) is 21.4 Å². The monoisotopic (exact) mass is 329 g/mol. The third kappa shape index (κ3) is 4.91. The number of hydrogen-bond donors (Lipinski definition) is 2. The van der Waals surface area contributed by atoms with Crippen molar-refractivity contribution in [3.8, 4) is 0 Å². The molecule has 1 aliphatic heterocycles. The molecule has 0 aromatic heterocycles. The SMILES string of the molecule is O=C(CCSc1ccc(Cl)cc1)NC1COCC1C(=O)O. The number of aliphatic carboxylic acids is 1. The van der Waals surface area contributed by atoms with Gasteiger partial charge in [0.15, 0.2) is 0 Å². The van der Waals surface area contributed by atoms with Crippen LogP contribution in [-0.4, -0.2) is 42.0 Å². The maximum absolute atomic E-state index is 11.8. The van der Waals surface area contributed by atoms with Gasteiger partial charge in [-0.2, -0.15) is 0 Å². The second-order valence-corrected chi connectivity index (χ2v) is 6.31. The van der Waals surface area contributed by atoms with Crippen LogP contribution in [0.4, 0.5) is 0 Å². The number of rotatable bonds is 6. The van der Waals surface area contributed by atoms with Crippen LogP contribution in [0.25, 0.3) is 0 Å². The van der Waals surface area contributed by atoms with Crippen molar-refractivity contribution in [2.45, 2.75) is 17.4 Å².